The Labute approximate surface area is 118 Å². The van der Waals surface area contributed by atoms with E-state index in [1.807, 2.05) is 6.92 Å². The Hall–Kier alpha value is -1.63. The number of carbonyl (C=O) groups is 3. The topological polar surface area (TPSA) is 95.9 Å². The Morgan fingerprint density at radius 1 is 1.40 bits per heavy atom. The number of amides is 3. The molecule has 3 amide bonds. The number of aliphatic carboxylic acids is 1. The van der Waals surface area contributed by atoms with E-state index < -0.39 is 17.9 Å². The average molecular weight is 286 g/mol. The van der Waals surface area contributed by atoms with Crippen LogP contribution in [0.5, 0.6) is 0 Å². The summed E-state index contributed by atoms with van der Waals surface area (Å²) in [6.07, 6.45) is 0.625. The second-order valence-electron chi connectivity index (χ2n) is 5.24. The van der Waals surface area contributed by atoms with Crippen molar-refractivity contribution in [2.75, 3.05) is 19.7 Å². The van der Waals surface area contributed by atoms with Gasteiger partial charge in [-0.15, -0.1) is 0 Å². The molecule has 1 aliphatic rings. The molecule has 0 aliphatic carbocycles. The van der Waals surface area contributed by atoms with E-state index in [0.29, 0.717) is 19.7 Å². The first kappa shape index (κ1) is 16.4. The average Bonchev–Trinajstić information content (AvgIpc) is 2.52. The summed E-state index contributed by atoms with van der Waals surface area (Å²) < 4.78 is 5.42. The molecule has 114 valence electrons. The minimum absolute atomic E-state index is 0.0257. The summed E-state index contributed by atoms with van der Waals surface area (Å²) in [6, 6.07) is -0.435. The molecular weight excluding hydrogens is 264 g/mol. The van der Waals surface area contributed by atoms with Gasteiger partial charge in [-0.3, -0.25) is 14.9 Å². The van der Waals surface area contributed by atoms with Gasteiger partial charge in [0.25, 0.3) is 0 Å². The van der Waals surface area contributed by atoms with Gasteiger partial charge in [0.15, 0.2) is 0 Å². The maximum Gasteiger partial charge on any atom is 0.324 e. The molecule has 0 bridgehead atoms. The van der Waals surface area contributed by atoms with Crippen molar-refractivity contribution in [3.05, 3.63) is 0 Å². The highest BCUT2D eigenvalue weighted by atomic mass is 16.5. The number of nitrogens with zero attached hydrogens (tertiary/aromatic N) is 1. The Morgan fingerprint density at radius 2 is 2.10 bits per heavy atom. The van der Waals surface area contributed by atoms with Crippen molar-refractivity contribution in [2.45, 2.75) is 39.2 Å². The lowest BCUT2D eigenvalue weighted by Crippen LogP contribution is -2.45. The molecule has 1 saturated heterocycles. The Morgan fingerprint density at radius 3 is 2.75 bits per heavy atom. The first-order chi connectivity index (χ1) is 9.38. The Kier molecular flexibility index (Phi) is 6.44. The Balaban J connectivity index is 2.40. The first-order valence-corrected chi connectivity index (χ1v) is 6.80. The number of hydrogen-bond acceptors (Lipinski definition) is 4. The van der Waals surface area contributed by atoms with Gasteiger partial charge in [0.05, 0.1) is 6.10 Å². The quantitative estimate of drug-likeness (QED) is 0.798. The van der Waals surface area contributed by atoms with E-state index in [-0.39, 0.29) is 24.9 Å². The van der Waals surface area contributed by atoms with Crippen LogP contribution in [0.4, 0.5) is 4.79 Å². The smallest absolute Gasteiger partial charge is 0.324 e. The lowest BCUT2D eigenvalue weighted by atomic mass is 10.0. The first-order valence-electron chi connectivity index (χ1n) is 6.80. The fourth-order valence-electron chi connectivity index (χ4n) is 2.11. The van der Waals surface area contributed by atoms with E-state index in [0.717, 1.165) is 6.42 Å². The number of hydrogen-bond donors (Lipinski definition) is 2. The van der Waals surface area contributed by atoms with Crippen LogP contribution in [0.3, 0.4) is 0 Å². The van der Waals surface area contributed by atoms with Gasteiger partial charge in [-0.05, 0) is 19.3 Å². The molecule has 0 radical (unpaired) electrons. The lowest BCUT2D eigenvalue weighted by Gasteiger charge is -2.22. The second kappa shape index (κ2) is 7.84. The van der Waals surface area contributed by atoms with E-state index >= 15 is 0 Å². The fourth-order valence-corrected chi connectivity index (χ4v) is 2.11. The van der Waals surface area contributed by atoms with E-state index in [2.05, 4.69) is 5.32 Å². The summed E-state index contributed by atoms with van der Waals surface area (Å²) >= 11 is 0. The van der Waals surface area contributed by atoms with Crippen LogP contribution in [-0.4, -0.2) is 53.7 Å². The van der Waals surface area contributed by atoms with Gasteiger partial charge in [0.2, 0.25) is 5.91 Å². The molecule has 1 heterocycles. The molecule has 20 heavy (non-hydrogen) atoms. The lowest BCUT2D eigenvalue weighted by molar-refractivity contribution is -0.138. The molecule has 7 nitrogen and oxygen atoms in total. The van der Waals surface area contributed by atoms with Crippen LogP contribution in [0.2, 0.25) is 0 Å². The zero-order chi connectivity index (χ0) is 15.1. The summed E-state index contributed by atoms with van der Waals surface area (Å²) in [7, 11) is 0. The molecule has 2 unspecified atom stereocenters. The van der Waals surface area contributed by atoms with Crippen LogP contribution < -0.4 is 5.32 Å². The van der Waals surface area contributed by atoms with Crippen LogP contribution >= 0.6 is 0 Å². The fraction of sp³-hybridized carbons (Fsp3) is 0.769. The number of carboxylic acid groups (broad SMARTS) is 1. The van der Waals surface area contributed by atoms with Gasteiger partial charge in [0.1, 0.15) is 0 Å². The third-order valence-corrected chi connectivity index (χ3v) is 3.04. The molecule has 2 atom stereocenters. The van der Waals surface area contributed by atoms with Gasteiger partial charge in [-0.2, -0.15) is 0 Å². The number of urea groups is 1. The highest BCUT2D eigenvalue weighted by molar-refractivity contribution is 5.94. The summed E-state index contributed by atoms with van der Waals surface area (Å²) in [4.78, 5) is 35.7. The summed E-state index contributed by atoms with van der Waals surface area (Å²) in [5.74, 6) is -1.69. The van der Waals surface area contributed by atoms with E-state index in [1.54, 1.807) is 11.8 Å². The van der Waals surface area contributed by atoms with Gasteiger partial charge >= 0.3 is 12.0 Å². The standard InChI is InChI=1S/C13H22N2O5/c1-9(7-12(17)18)6-11(16)14-13(19)15-4-3-5-20-10(2)8-15/h9-10H,3-8H2,1-2H3,(H,17,18)(H,14,16,19). The largest absolute Gasteiger partial charge is 0.481 e. The van der Waals surface area contributed by atoms with Crippen LogP contribution in [0.1, 0.15) is 33.1 Å². The molecule has 0 aromatic heterocycles. The number of ether oxygens (including phenoxy) is 1. The third-order valence-electron chi connectivity index (χ3n) is 3.04. The third kappa shape index (κ3) is 6.01. The van der Waals surface area contributed by atoms with Crippen molar-refractivity contribution >= 4 is 17.9 Å². The highest BCUT2D eigenvalue weighted by Crippen LogP contribution is 2.08. The van der Waals surface area contributed by atoms with Crippen LogP contribution in [-0.2, 0) is 14.3 Å². The normalized spacial score (nSPS) is 20.9. The SMILES string of the molecule is CC(CC(=O)O)CC(=O)NC(=O)N1CCCOC(C)C1. The highest BCUT2D eigenvalue weighted by Gasteiger charge is 2.22. The zero-order valence-electron chi connectivity index (χ0n) is 11.9. The maximum atomic E-state index is 11.9. The maximum absolute atomic E-state index is 11.9. The van der Waals surface area contributed by atoms with Crippen molar-refractivity contribution in [1.29, 1.82) is 0 Å². The van der Waals surface area contributed by atoms with Crippen molar-refractivity contribution in [2.24, 2.45) is 5.92 Å². The molecule has 1 aliphatic heterocycles. The second-order valence-corrected chi connectivity index (χ2v) is 5.24. The number of imide groups is 1. The molecule has 1 fully saturated rings. The van der Waals surface area contributed by atoms with E-state index in [4.69, 9.17) is 9.84 Å². The van der Waals surface area contributed by atoms with Crippen molar-refractivity contribution in [1.82, 2.24) is 10.2 Å². The molecule has 2 N–H and O–H groups in total. The predicted molar refractivity (Wildman–Crippen MR) is 71.2 cm³/mol. The molecule has 7 heteroatoms. The predicted octanol–water partition coefficient (Wildman–Crippen LogP) is 0.834. The monoisotopic (exact) mass is 286 g/mol. The van der Waals surface area contributed by atoms with Crippen LogP contribution in [0.15, 0.2) is 0 Å². The molecule has 0 saturated carbocycles. The number of carbonyl (C=O) groups excluding carboxylic acids is 2. The number of rotatable bonds is 4. The molecular formula is C13H22N2O5. The zero-order valence-corrected chi connectivity index (χ0v) is 11.9. The molecule has 1 rings (SSSR count). The van der Waals surface area contributed by atoms with E-state index in [1.165, 1.54) is 0 Å². The Bertz CT molecular complexity index is 372. The summed E-state index contributed by atoms with van der Waals surface area (Å²) in [5, 5.41) is 10.9. The molecule has 0 spiro atoms. The van der Waals surface area contributed by atoms with Crippen LogP contribution in [0.25, 0.3) is 0 Å². The van der Waals surface area contributed by atoms with Crippen molar-refractivity contribution in [3.63, 3.8) is 0 Å². The molecule has 0 aromatic carbocycles. The summed E-state index contributed by atoms with van der Waals surface area (Å²) in [5.41, 5.74) is 0. The minimum Gasteiger partial charge on any atom is -0.481 e. The van der Waals surface area contributed by atoms with Crippen LogP contribution in [0, 0.1) is 5.92 Å². The molecule has 0 aromatic rings. The number of nitrogens with one attached hydrogen (secondary N) is 1. The van der Waals surface area contributed by atoms with Crippen molar-refractivity contribution in [3.8, 4) is 0 Å². The van der Waals surface area contributed by atoms with Gasteiger partial charge in [0, 0.05) is 32.5 Å². The minimum atomic E-state index is -0.949. The van der Waals surface area contributed by atoms with Gasteiger partial charge in [-0.1, -0.05) is 6.92 Å². The van der Waals surface area contributed by atoms with Gasteiger partial charge in [-0.25, -0.2) is 4.79 Å². The van der Waals surface area contributed by atoms with Crippen molar-refractivity contribution < 1.29 is 24.2 Å². The summed E-state index contributed by atoms with van der Waals surface area (Å²) in [6.45, 7) is 5.15. The van der Waals surface area contributed by atoms with E-state index in [9.17, 15) is 14.4 Å². The van der Waals surface area contributed by atoms with Gasteiger partial charge < -0.3 is 14.7 Å². The number of carboxylic acids is 1.